The summed E-state index contributed by atoms with van der Waals surface area (Å²) in [5.41, 5.74) is 1.42. The van der Waals surface area contributed by atoms with E-state index in [1.54, 1.807) is 11.5 Å². The average Bonchev–Trinajstić information content (AvgIpc) is 2.89. The lowest BCUT2D eigenvalue weighted by molar-refractivity contribution is 0.740. The first kappa shape index (κ1) is 13.3. The van der Waals surface area contributed by atoms with Crippen LogP contribution in [0.15, 0.2) is 71.5 Å². The summed E-state index contributed by atoms with van der Waals surface area (Å²) in [6.07, 6.45) is 0.869. The van der Waals surface area contributed by atoms with Crippen LogP contribution in [0.3, 0.4) is 0 Å². The molecule has 0 saturated heterocycles. The van der Waals surface area contributed by atoms with Crippen LogP contribution in [0.4, 0.5) is 0 Å². The third-order valence-corrected chi connectivity index (χ3v) is 5.14. The Hall–Kier alpha value is -2.39. The fraction of sp³-hybridized carbons (Fsp3) is 0.105. The van der Waals surface area contributed by atoms with Gasteiger partial charge in [-0.05, 0) is 34.9 Å². The van der Waals surface area contributed by atoms with E-state index in [9.17, 15) is 4.79 Å². The van der Waals surface area contributed by atoms with E-state index in [4.69, 9.17) is 0 Å². The van der Waals surface area contributed by atoms with Crippen molar-refractivity contribution in [2.45, 2.75) is 13.0 Å². The topological polar surface area (TPSA) is 22.0 Å². The predicted octanol–water partition coefficient (Wildman–Crippen LogP) is 4.46. The van der Waals surface area contributed by atoms with Crippen LogP contribution >= 0.6 is 11.5 Å². The van der Waals surface area contributed by atoms with Crippen molar-refractivity contribution in [3.8, 4) is 0 Å². The highest BCUT2D eigenvalue weighted by Gasteiger charge is 2.07. The van der Waals surface area contributed by atoms with E-state index >= 15 is 0 Å². The molecule has 0 atom stereocenters. The molecular formula is C19H15NOS. The van der Waals surface area contributed by atoms with Crippen molar-refractivity contribution in [3.05, 3.63) is 82.6 Å². The lowest BCUT2D eigenvalue weighted by atomic mass is 10.0. The monoisotopic (exact) mass is 305 g/mol. The summed E-state index contributed by atoms with van der Waals surface area (Å²) < 4.78 is 2.93. The predicted molar refractivity (Wildman–Crippen MR) is 93.7 cm³/mol. The SMILES string of the molecule is O=c1c2ccccc2sn1CCc1cccc2ccccc12. The first-order valence-corrected chi connectivity index (χ1v) is 8.16. The molecule has 3 aromatic carbocycles. The average molecular weight is 305 g/mol. The molecule has 0 aliphatic heterocycles. The van der Waals surface area contributed by atoms with Gasteiger partial charge < -0.3 is 0 Å². The van der Waals surface area contributed by atoms with Crippen molar-refractivity contribution in [1.82, 2.24) is 3.96 Å². The Bertz CT molecular complexity index is 1010. The molecule has 0 saturated carbocycles. The summed E-state index contributed by atoms with van der Waals surface area (Å²) >= 11 is 1.55. The Morgan fingerprint density at radius 1 is 0.818 bits per heavy atom. The van der Waals surface area contributed by atoms with Crippen LogP contribution in [0.2, 0.25) is 0 Å². The summed E-state index contributed by atoms with van der Waals surface area (Å²) in [4.78, 5) is 12.4. The van der Waals surface area contributed by atoms with Crippen LogP contribution in [-0.2, 0) is 13.0 Å². The Balaban J connectivity index is 1.69. The van der Waals surface area contributed by atoms with E-state index in [0.29, 0.717) is 0 Å². The maximum Gasteiger partial charge on any atom is 0.268 e. The fourth-order valence-corrected chi connectivity index (χ4v) is 3.89. The largest absolute Gasteiger partial charge is 0.268 e. The van der Waals surface area contributed by atoms with Gasteiger partial charge in [-0.1, -0.05) is 66.1 Å². The van der Waals surface area contributed by atoms with Crippen molar-refractivity contribution < 1.29 is 0 Å². The molecule has 0 fully saturated rings. The van der Waals surface area contributed by atoms with E-state index < -0.39 is 0 Å². The van der Waals surface area contributed by atoms with Crippen LogP contribution in [-0.4, -0.2) is 3.96 Å². The van der Waals surface area contributed by atoms with E-state index in [0.717, 1.165) is 23.1 Å². The van der Waals surface area contributed by atoms with Crippen LogP contribution in [0.25, 0.3) is 20.9 Å². The number of aromatic nitrogens is 1. The maximum absolute atomic E-state index is 12.4. The lowest BCUT2D eigenvalue weighted by Crippen LogP contribution is -2.14. The molecule has 1 aromatic heterocycles. The Kier molecular flexibility index (Phi) is 3.28. The van der Waals surface area contributed by atoms with Gasteiger partial charge in [0, 0.05) is 6.54 Å². The molecule has 0 bridgehead atoms. The molecule has 3 heteroatoms. The maximum atomic E-state index is 12.4. The highest BCUT2D eigenvalue weighted by molar-refractivity contribution is 7.13. The van der Waals surface area contributed by atoms with Crippen molar-refractivity contribution in [2.75, 3.05) is 0 Å². The zero-order valence-corrected chi connectivity index (χ0v) is 12.8. The summed E-state index contributed by atoms with van der Waals surface area (Å²) in [6, 6.07) is 22.6. The molecule has 0 radical (unpaired) electrons. The molecule has 0 unspecified atom stereocenters. The number of aryl methyl sites for hydroxylation is 2. The van der Waals surface area contributed by atoms with Gasteiger partial charge in [0.2, 0.25) is 0 Å². The van der Waals surface area contributed by atoms with Gasteiger partial charge >= 0.3 is 0 Å². The van der Waals surface area contributed by atoms with Crippen molar-refractivity contribution in [3.63, 3.8) is 0 Å². The number of hydrogen-bond donors (Lipinski definition) is 0. The molecule has 1 heterocycles. The highest BCUT2D eigenvalue weighted by Crippen LogP contribution is 2.20. The van der Waals surface area contributed by atoms with E-state index in [-0.39, 0.29) is 5.56 Å². The second-order valence-corrected chi connectivity index (χ2v) is 6.45. The highest BCUT2D eigenvalue weighted by atomic mass is 32.1. The van der Waals surface area contributed by atoms with Gasteiger partial charge in [-0.3, -0.25) is 8.75 Å². The Labute approximate surface area is 132 Å². The number of benzene rings is 3. The molecule has 4 aromatic rings. The number of hydrogen-bond acceptors (Lipinski definition) is 2. The summed E-state index contributed by atoms with van der Waals surface area (Å²) in [5, 5.41) is 3.35. The van der Waals surface area contributed by atoms with E-state index in [1.165, 1.54) is 16.3 Å². The molecule has 0 N–H and O–H groups in total. The molecule has 0 amide bonds. The Morgan fingerprint density at radius 3 is 2.41 bits per heavy atom. The van der Waals surface area contributed by atoms with Crippen LogP contribution < -0.4 is 5.56 Å². The molecule has 0 aliphatic carbocycles. The summed E-state index contributed by atoms with van der Waals surface area (Å²) in [6.45, 7) is 0.728. The van der Waals surface area contributed by atoms with E-state index in [1.807, 2.05) is 28.2 Å². The first-order chi connectivity index (χ1) is 10.8. The number of fused-ring (bicyclic) bond motifs is 2. The molecule has 0 spiro atoms. The fourth-order valence-electron chi connectivity index (χ4n) is 2.90. The minimum Gasteiger partial charge on any atom is -0.268 e. The zero-order chi connectivity index (χ0) is 14.9. The van der Waals surface area contributed by atoms with Gasteiger partial charge in [-0.2, -0.15) is 0 Å². The third-order valence-electron chi connectivity index (χ3n) is 4.02. The molecule has 4 rings (SSSR count). The smallest absolute Gasteiger partial charge is 0.268 e. The summed E-state index contributed by atoms with van der Waals surface area (Å²) in [7, 11) is 0. The second kappa shape index (κ2) is 5.43. The minimum absolute atomic E-state index is 0.126. The van der Waals surface area contributed by atoms with Gasteiger partial charge in [0.15, 0.2) is 0 Å². The number of rotatable bonds is 3. The normalized spacial score (nSPS) is 11.3. The Morgan fingerprint density at radius 2 is 1.55 bits per heavy atom. The van der Waals surface area contributed by atoms with Crippen LogP contribution in [0, 0.1) is 0 Å². The minimum atomic E-state index is 0.126. The number of nitrogens with zero attached hydrogens (tertiary/aromatic N) is 1. The molecule has 108 valence electrons. The quantitative estimate of drug-likeness (QED) is 0.548. The van der Waals surface area contributed by atoms with Crippen molar-refractivity contribution >= 4 is 32.4 Å². The van der Waals surface area contributed by atoms with Gasteiger partial charge in [-0.25, -0.2) is 0 Å². The third kappa shape index (κ3) is 2.24. The molecule has 22 heavy (non-hydrogen) atoms. The van der Waals surface area contributed by atoms with Crippen molar-refractivity contribution in [2.24, 2.45) is 0 Å². The van der Waals surface area contributed by atoms with Gasteiger partial charge in [-0.15, -0.1) is 0 Å². The zero-order valence-electron chi connectivity index (χ0n) is 12.0. The molecular weight excluding hydrogens is 290 g/mol. The lowest BCUT2D eigenvalue weighted by Gasteiger charge is -2.06. The van der Waals surface area contributed by atoms with Gasteiger partial charge in [0.25, 0.3) is 5.56 Å². The molecule has 0 aliphatic rings. The van der Waals surface area contributed by atoms with Gasteiger partial charge in [0.1, 0.15) is 0 Å². The first-order valence-electron chi connectivity index (χ1n) is 7.38. The van der Waals surface area contributed by atoms with E-state index in [2.05, 4.69) is 42.5 Å². The van der Waals surface area contributed by atoms with Crippen molar-refractivity contribution in [1.29, 1.82) is 0 Å². The standard InChI is InChI=1S/C19H15NOS/c21-19-17-10-3-4-11-18(17)22-20(19)13-12-15-8-5-7-14-6-1-2-9-16(14)15/h1-11H,12-13H2. The molecule has 2 nitrogen and oxygen atoms in total. The summed E-state index contributed by atoms with van der Waals surface area (Å²) in [5.74, 6) is 0. The van der Waals surface area contributed by atoms with Crippen LogP contribution in [0.5, 0.6) is 0 Å². The second-order valence-electron chi connectivity index (χ2n) is 5.38. The van der Waals surface area contributed by atoms with Gasteiger partial charge in [0.05, 0.1) is 10.1 Å². The van der Waals surface area contributed by atoms with Crippen LogP contribution in [0.1, 0.15) is 5.56 Å².